The van der Waals surface area contributed by atoms with Gasteiger partial charge in [-0.1, -0.05) is 32.0 Å². The van der Waals surface area contributed by atoms with Gasteiger partial charge in [-0.3, -0.25) is 9.89 Å². The SMILES string of the molecule is Cc1ccccc1NCc1nc2nc(C(C)C)cc(=O)n2[nH]1. The zero-order valence-electron chi connectivity index (χ0n) is 12.9. The standard InChI is InChI=1S/C16H19N5O/c1-10(2)13-8-15(22)21-16(18-13)19-14(20-21)9-17-12-7-5-4-6-11(12)3/h4-8,10,17H,9H2,1-3H3,(H,18,19,20). The van der Waals surface area contributed by atoms with E-state index in [0.717, 1.165) is 16.9 Å². The molecule has 114 valence electrons. The van der Waals surface area contributed by atoms with Gasteiger partial charge in [-0.2, -0.15) is 9.50 Å². The van der Waals surface area contributed by atoms with Crippen LogP contribution >= 0.6 is 0 Å². The second-order valence-corrected chi connectivity index (χ2v) is 5.65. The lowest BCUT2D eigenvalue weighted by atomic mass is 10.1. The van der Waals surface area contributed by atoms with Crippen LogP contribution in [0.15, 0.2) is 35.1 Å². The Morgan fingerprint density at radius 2 is 2.05 bits per heavy atom. The molecule has 6 nitrogen and oxygen atoms in total. The predicted molar refractivity (Wildman–Crippen MR) is 86.2 cm³/mol. The maximum absolute atomic E-state index is 12.1. The van der Waals surface area contributed by atoms with Gasteiger partial charge in [0.1, 0.15) is 5.82 Å². The van der Waals surface area contributed by atoms with Crippen molar-refractivity contribution < 1.29 is 0 Å². The molecule has 2 aromatic heterocycles. The molecule has 2 heterocycles. The van der Waals surface area contributed by atoms with E-state index in [9.17, 15) is 4.79 Å². The highest BCUT2D eigenvalue weighted by atomic mass is 16.1. The lowest BCUT2D eigenvalue weighted by molar-refractivity contribution is 0.791. The molecular weight excluding hydrogens is 278 g/mol. The third kappa shape index (κ3) is 2.72. The molecule has 0 saturated carbocycles. The summed E-state index contributed by atoms with van der Waals surface area (Å²) in [6.07, 6.45) is 0. The van der Waals surface area contributed by atoms with Crippen LogP contribution in [0.25, 0.3) is 5.78 Å². The molecule has 0 saturated heterocycles. The largest absolute Gasteiger partial charge is 0.378 e. The number of aromatic amines is 1. The normalized spacial score (nSPS) is 11.3. The summed E-state index contributed by atoms with van der Waals surface area (Å²) in [7, 11) is 0. The number of nitrogens with one attached hydrogen (secondary N) is 2. The van der Waals surface area contributed by atoms with Gasteiger partial charge in [-0.05, 0) is 24.5 Å². The molecule has 0 spiro atoms. The first-order valence-electron chi connectivity index (χ1n) is 7.32. The Labute approximate surface area is 128 Å². The summed E-state index contributed by atoms with van der Waals surface area (Å²) >= 11 is 0. The Morgan fingerprint density at radius 1 is 1.27 bits per heavy atom. The molecule has 0 fully saturated rings. The van der Waals surface area contributed by atoms with E-state index in [1.165, 1.54) is 4.52 Å². The van der Waals surface area contributed by atoms with Crippen molar-refractivity contribution in [2.45, 2.75) is 33.2 Å². The van der Waals surface area contributed by atoms with E-state index < -0.39 is 0 Å². The third-order valence-corrected chi connectivity index (χ3v) is 3.58. The second kappa shape index (κ2) is 5.63. The summed E-state index contributed by atoms with van der Waals surface area (Å²) in [5.41, 5.74) is 2.83. The minimum atomic E-state index is -0.136. The number of nitrogens with zero attached hydrogens (tertiary/aromatic N) is 3. The average molecular weight is 297 g/mol. The first-order valence-corrected chi connectivity index (χ1v) is 7.32. The Hall–Kier alpha value is -2.63. The van der Waals surface area contributed by atoms with Crippen molar-refractivity contribution >= 4 is 11.5 Å². The van der Waals surface area contributed by atoms with Gasteiger partial charge in [0.2, 0.25) is 0 Å². The van der Waals surface area contributed by atoms with Crippen LogP contribution in [-0.4, -0.2) is 19.6 Å². The molecule has 22 heavy (non-hydrogen) atoms. The van der Waals surface area contributed by atoms with Crippen LogP contribution in [-0.2, 0) is 6.54 Å². The number of hydrogen-bond acceptors (Lipinski definition) is 4. The fourth-order valence-corrected chi connectivity index (χ4v) is 2.27. The lowest BCUT2D eigenvalue weighted by Gasteiger charge is -2.06. The number of hydrogen-bond donors (Lipinski definition) is 2. The summed E-state index contributed by atoms with van der Waals surface area (Å²) in [6, 6.07) is 9.59. The van der Waals surface area contributed by atoms with E-state index in [2.05, 4.69) is 20.4 Å². The maximum atomic E-state index is 12.1. The quantitative estimate of drug-likeness (QED) is 0.775. The maximum Gasteiger partial charge on any atom is 0.274 e. The van der Waals surface area contributed by atoms with Crippen LogP contribution in [0, 0.1) is 6.92 Å². The van der Waals surface area contributed by atoms with Crippen LogP contribution < -0.4 is 10.9 Å². The summed E-state index contributed by atoms with van der Waals surface area (Å²) in [5.74, 6) is 1.29. The number of fused-ring (bicyclic) bond motifs is 1. The molecule has 3 rings (SSSR count). The molecule has 0 aliphatic carbocycles. The minimum Gasteiger partial charge on any atom is -0.378 e. The van der Waals surface area contributed by atoms with Crippen molar-refractivity contribution in [1.82, 2.24) is 19.6 Å². The van der Waals surface area contributed by atoms with Crippen LogP contribution in [0.1, 0.15) is 36.8 Å². The highest BCUT2D eigenvalue weighted by Gasteiger charge is 2.10. The molecule has 1 aromatic carbocycles. The number of benzene rings is 1. The third-order valence-electron chi connectivity index (χ3n) is 3.58. The van der Waals surface area contributed by atoms with Crippen molar-refractivity contribution in [3.63, 3.8) is 0 Å². The van der Waals surface area contributed by atoms with E-state index in [-0.39, 0.29) is 11.5 Å². The monoisotopic (exact) mass is 297 g/mol. The molecule has 0 atom stereocenters. The summed E-state index contributed by atoms with van der Waals surface area (Å²) in [4.78, 5) is 20.9. The molecule has 3 aromatic rings. The summed E-state index contributed by atoms with van der Waals surface area (Å²) in [6.45, 7) is 6.56. The van der Waals surface area contributed by atoms with E-state index in [0.29, 0.717) is 18.1 Å². The molecule has 0 unspecified atom stereocenters. The molecule has 0 amide bonds. The fraction of sp³-hybridized carbons (Fsp3) is 0.312. The number of aryl methyl sites for hydroxylation is 1. The van der Waals surface area contributed by atoms with Gasteiger partial charge < -0.3 is 5.32 Å². The molecular formula is C16H19N5O. The Balaban J connectivity index is 1.88. The van der Waals surface area contributed by atoms with Gasteiger partial charge in [0.25, 0.3) is 11.3 Å². The van der Waals surface area contributed by atoms with Crippen molar-refractivity contribution in [2.75, 3.05) is 5.32 Å². The second-order valence-electron chi connectivity index (χ2n) is 5.65. The topological polar surface area (TPSA) is 75.1 Å². The Morgan fingerprint density at radius 3 is 2.77 bits per heavy atom. The zero-order chi connectivity index (χ0) is 15.7. The van der Waals surface area contributed by atoms with Crippen LogP contribution in [0.4, 0.5) is 5.69 Å². The van der Waals surface area contributed by atoms with Gasteiger partial charge in [0, 0.05) is 11.8 Å². The van der Waals surface area contributed by atoms with E-state index >= 15 is 0 Å². The van der Waals surface area contributed by atoms with E-state index in [1.807, 2.05) is 45.0 Å². The fourth-order valence-electron chi connectivity index (χ4n) is 2.27. The average Bonchev–Trinajstić information content (AvgIpc) is 2.90. The van der Waals surface area contributed by atoms with E-state index in [1.54, 1.807) is 6.07 Å². The number of anilines is 1. The Bertz CT molecular complexity index is 862. The molecule has 0 bridgehead atoms. The number of para-hydroxylation sites is 1. The highest BCUT2D eigenvalue weighted by Crippen LogP contribution is 2.14. The van der Waals surface area contributed by atoms with Gasteiger partial charge >= 0.3 is 0 Å². The van der Waals surface area contributed by atoms with Gasteiger partial charge in [-0.15, -0.1) is 0 Å². The molecule has 0 aliphatic rings. The summed E-state index contributed by atoms with van der Waals surface area (Å²) < 4.78 is 1.38. The first kappa shape index (κ1) is 14.3. The smallest absolute Gasteiger partial charge is 0.274 e. The first-order chi connectivity index (χ1) is 10.5. The molecule has 2 N–H and O–H groups in total. The van der Waals surface area contributed by atoms with Crippen LogP contribution in [0.2, 0.25) is 0 Å². The van der Waals surface area contributed by atoms with Crippen molar-refractivity contribution in [3.8, 4) is 0 Å². The lowest BCUT2D eigenvalue weighted by Crippen LogP contribution is -2.16. The number of aromatic nitrogens is 4. The number of H-pyrrole nitrogens is 1. The van der Waals surface area contributed by atoms with Crippen molar-refractivity contribution in [3.05, 3.63) is 57.8 Å². The van der Waals surface area contributed by atoms with Crippen LogP contribution in [0.3, 0.4) is 0 Å². The molecule has 6 heteroatoms. The highest BCUT2D eigenvalue weighted by molar-refractivity contribution is 5.50. The molecule has 0 radical (unpaired) electrons. The van der Waals surface area contributed by atoms with Gasteiger partial charge in [0.05, 0.1) is 12.2 Å². The van der Waals surface area contributed by atoms with E-state index in [4.69, 9.17) is 0 Å². The predicted octanol–water partition coefficient (Wildman–Crippen LogP) is 2.46. The van der Waals surface area contributed by atoms with Crippen LogP contribution in [0.5, 0.6) is 0 Å². The van der Waals surface area contributed by atoms with Crippen molar-refractivity contribution in [1.29, 1.82) is 0 Å². The van der Waals surface area contributed by atoms with Gasteiger partial charge in [-0.25, -0.2) is 4.98 Å². The minimum absolute atomic E-state index is 0.136. The molecule has 0 aliphatic heterocycles. The Kier molecular flexibility index (Phi) is 3.66. The van der Waals surface area contributed by atoms with Gasteiger partial charge in [0.15, 0.2) is 0 Å². The summed E-state index contributed by atoms with van der Waals surface area (Å²) in [5, 5.41) is 6.30. The zero-order valence-corrected chi connectivity index (χ0v) is 12.9. The van der Waals surface area contributed by atoms with Crippen molar-refractivity contribution in [2.24, 2.45) is 0 Å². The number of rotatable bonds is 4.